The molecule has 1 aliphatic rings. The van der Waals surface area contributed by atoms with Gasteiger partial charge < -0.3 is 23.8 Å². The molecule has 7 nitrogen and oxygen atoms in total. The molecular weight excluding hydrogens is 369 g/mol. The number of nitrogens with zero attached hydrogens (tertiary/aromatic N) is 2. The van der Waals surface area contributed by atoms with Crippen molar-refractivity contribution in [3.8, 4) is 0 Å². The minimum Gasteiger partial charge on any atom is -0.407 e. The number of hydrogen-bond donors (Lipinski definition) is 2. The maximum atomic E-state index is 14.4. The summed E-state index contributed by atoms with van der Waals surface area (Å²) in [6, 6.07) is 0. The first-order valence-electron chi connectivity index (χ1n) is 9.23. The highest BCUT2D eigenvalue weighted by molar-refractivity contribution is 6.74. The van der Waals surface area contributed by atoms with E-state index in [1.165, 1.54) is 17.1 Å². The zero-order chi connectivity index (χ0) is 20.1. The largest absolute Gasteiger partial charge is 0.407 e. The predicted molar refractivity (Wildman–Crippen MR) is 103 cm³/mol. The van der Waals surface area contributed by atoms with Crippen molar-refractivity contribution in [2.75, 3.05) is 0 Å². The van der Waals surface area contributed by atoms with Gasteiger partial charge in [-0.3, -0.25) is 4.79 Å². The van der Waals surface area contributed by atoms with Gasteiger partial charge in [-0.25, -0.2) is 9.37 Å². The first-order chi connectivity index (χ1) is 12.5. The zero-order valence-electron chi connectivity index (χ0n) is 16.6. The summed E-state index contributed by atoms with van der Waals surface area (Å²) in [5.74, 6) is -0.677. The second-order valence-electron chi connectivity index (χ2n) is 8.62. The van der Waals surface area contributed by atoms with Crippen LogP contribution in [0.1, 0.15) is 40.3 Å². The molecule has 9 heteroatoms. The summed E-state index contributed by atoms with van der Waals surface area (Å²) < 4.78 is 28.4. The summed E-state index contributed by atoms with van der Waals surface area (Å²) in [4.78, 5) is 18.5. The second kappa shape index (κ2) is 6.80. The number of aliphatic hydroxyl groups excluding tert-OH is 1. The van der Waals surface area contributed by atoms with Crippen LogP contribution < -0.4 is 5.56 Å². The Morgan fingerprint density at radius 3 is 2.70 bits per heavy atom. The lowest BCUT2D eigenvalue weighted by Gasteiger charge is -2.40. The van der Waals surface area contributed by atoms with Crippen LogP contribution in [0.5, 0.6) is 0 Å². The fourth-order valence-electron chi connectivity index (χ4n) is 3.17. The third kappa shape index (κ3) is 3.37. The van der Waals surface area contributed by atoms with Crippen molar-refractivity contribution < 1.29 is 18.7 Å². The molecule has 0 radical (unpaired) electrons. The Morgan fingerprint density at radius 2 is 2.11 bits per heavy atom. The lowest BCUT2D eigenvalue weighted by molar-refractivity contribution is -0.0324. The highest BCUT2D eigenvalue weighted by atomic mass is 28.4. The lowest BCUT2D eigenvalue weighted by atomic mass is 10.1. The van der Waals surface area contributed by atoms with Crippen LogP contribution in [-0.4, -0.2) is 46.3 Å². The average molecular weight is 398 g/mol. The number of rotatable bonds is 4. The van der Waals surface area contributed by atoms with Gasteiger partial charge in [0, 0.05) is 6.20 Å². The Hall–Kier alpha value is -1.55. The van der Waals surface area contributed by atoms with Crippen LogP contribution in [-0.2, 0) is 9.16 Å². The SMILES string of the molecule is CC[C@H]1O[C@@H](n2cc(F)c3c(=O)[nH]cnc32)[C@@H](O[Si](C)(C)C(C)(C)C)C1O. The summed E-state index contributed by atoms with van der Waals surface area (Å²) in [6.45, 7) is 12.4. The maximum absolute atomic E-state index is 14.4. The molecule has 2 aromatic heterocycles. The summed E-state index contributed by atoms with van der Waals surface area (Å²) >= 11 is 0. The quantitative estimate of drug-likeness (QED) is 0.775. The van der Waals surface area contributed by atoms with Crippen LogP contribution in [0.3, 0.4) is 0 Å². The lowest BCUT2D eigenvalue weighted by Crippen LogP contribution is -2.48. The van der Waals surface area contributed by atoms with Gasteiger partial charge in [0.25, 0.3) is 5.56 Å². The summed E-state index contributed by atoms with van der Waals surface area (Å²) in [6.07, 6.45) is 0.290. The first kappa shape index (κ1) is 20.2. The number of H-pyrrole nitrogens is 1. The van der Waals surface area contributed by atoms with E-state index >= 15 is 0 Å². The molecule has 1 fully saturated rings. The second-order valence-corrected chi connectivity index (χ2v) is 13.4. The van der Waals surface area contributed by atoms with Gasteiger partial charge in [-0.1, -0.05) is 27.7 Å². The van der Waals surface area contributed by atoms with Gasteiger partial charge in [0.15, 0.2) is 26.0 Å². The minimum absolute atomic E-state index is 0.0685. The number of aromatic amines is 1. The molecule has 150 valence electrons. The Balaban J connectivity index is 2.07. The molecule has 0 spiro atoms. The van der Waals surface area contributed by atoms with Crippen molar-refractivity contribution in [2.24, 2.45) is 0 Å². The normalized spacial score (nSPS) is 26.8. The topological polar surface area (TPSA) is 89.4 Å². The molecule has 1 saturated heterocycles. The Kier molecular flexibility index (Phi) is 5.09. The number of halogens is 1. The number of nitrogens with one attached hydrogen (secondary N) is 1. The molecule has 0 amide bonds. The number of aliphatic hydroxyl groups is 1. The van der Waals surface area contributed by atoms with Crippen LogP contribution in [0.4, 0.5) is 4.39 Å². The number of aromatic nitrogens is 3. The van der Waals surface area contributed by atoms with Crippen LogP contribution in [0.25, 0.3) is 11.0 Å². The van der Waals surface area contributed by atoms with Gasteiger partial charge in [-0.2, -0.15) is 0 Å². The van der Waals surface area contributed by atoms with Crippen LogP contribution in [0.2, 0.25) is 18.1 Å². The molecule has 3 rings (SSSR count). The van der Waals surface area contributed by atoms with Crippen LogP contribution in [0, 0.1) is 5.82 Å². The smallest absolute Gasteiger partial charge is 0.263 e. The number of ether oxygens (including phenoxy) is 1. The third-order valence-electron chi connectivity index (χ3n) is 5.80. The van der Waals surface area contributed by atoms with Crippen molar-refractivity contribution in [3.05, 3.63) is 28.7 Å². The average Bonchev–Trinajstić information content (AvgIpc) is 3.05. The molecule has 1 unspecified atom stereocenters. The third-order valence-corrected chi connectivity index (χ3v) is 10.3. The van der Waals surface area contributed by atoms with E-state index in [1.54, 1.807) is 0 Å². The van der Waals surface area contributed by atoms with Gasteiger partial charge in [0.1, 0.15) is 17.6 Å². The first-order valence-corrected chi connectivity index (χ1v) is 12.1. The molecule has 4 atom stereocenters. The van der Waals surface area contributed by atoms with Gasteiger partial charge in [-0.05, 0) is 24.6 Å². The summed E-state index contributed by atoms with van der Waals surface area (Å²) in [5, 5.41) is 10.6. The molecule has 2 aromatic rings. The van der Waals surface area contributed by atoms with Gasteiger partial charge in [0.05, 0.1) is 12.4 Å². The Morgan fingerprint density at radius 1 is 1.44 bits per heavy atom. The molecule has 0 bridgehead atoms. The van der Waals surface area contributed by atoms with Gasteiger partial charge in [-0.15, -0.1) is 0 Å². The fraction of sp³-hybridized carbons (Fsp3) is 0.667. The van der Waals surface area contributed by atoms with E-state index in [1.807, 2.05) is 6.92 Å². The van der Waals surface area contributed by atoms with E-state index in [4.69, 9.17) is 9.16 Å². The number of hydrogen-bond acceptors (Lipinski definition) is 5. The number of fused-ring (bicyclic) bond motifs is 1. The van der Waals surface area contributed by atoms with E-state index in [9.17, 15) is 14.3 Å². The van der Waals surface area contributed by atoms with Crippen LogP contribution >= 0.6 is 0 Å². The standard InChI is InChI=1S/C18H28FN3O4Si/c1-7-11-13(23)14(26-27(5,6)18(2,3)4)17(25-11)22-8-10(19)12-15(22)20-9-21-16(12)24/h8-9,11,13-14,17,23H,7H2,1-6H3,(H,20,21,24)/t11-,13?,14+,17-/m1/s1. The molecule has 1 aliphatic heterocycles. The molecule has 0 aromatic carbocycles. The van der Waals surface area contributed by atoms with Gasteiger partial charge in [0.2, 0.25) is 0 Å². The highest BCUT2D eigenvalue weighted by Gasteiger charge is 2.50. The molecule has 27 heavy (non-hydrogen) atoms. The highest BCUT2D eigenvalue weighted by Crippen LogP contribution is 2.42. The molecule has 0 saturated carbocycles. The Bertz CT molecular complexity index is 889. The van der Waals surface area contributed by atoms with E-state index in [0.717, 1.165) is 0 Å². The van der Waals surface area contributed by atoms with Crippen molar-refractivity contribution in [1.29, 1.82) is 0 Å². The van der Waals surface area contributed by atoms with E-state index in [0.29, 0.717) is 6.42 Å². The minimum atomic E-state index is -2.24. The summed E-state index contributed by atoms with van der Waals surface area (Å²) in [7, 11) is -2.24. The van der Waals surface area contributed by atoms with Crippen LogP contribution in [0.15, 0.2) is 17.3 Å². The van der Waals surface area contributed by atoms with Crippen molar-refractivity contribution in [3.63, 3.8) is 0 Å². The van der Waals surface area contributed by atoms with E-state index in [2.05, 4.69) is 43.8 Å². The fourth-order valence-corrected chi connectivity index (χ4v) is 4.46. The van der Waals surface area contributed by atoms with Crippen molar-refractivity contribution in [2.45, 2.75) is 76.8 Å². The van der Waals surface area contributed by atoms with E-state index < -0.39 is 44.2 Å². The molecule has 3 heterocycles. The predicted octanol–water partition coefficient (Wildman–Crippen LogP) is 2.92. The monoisotopic (exact) mass is 397 g/mol. The van der Waals surface area contributed by atoms with Gasteiger partial charge >= 0.3 is 0 Å². The molecule has 0 aliphatic carbocycles. The van der Waals surface area contributed by atoms with Crippen molar-refractivity contribution in [1.82, 2.24) is 14.5 Å². The van der Waals surface area contributed by atoms with Crippen molar-refractivity contribution >= 4 is 19.4 Å². The molecule has 2 N–H and O–H groups in total. The Labute approximate surface area is 158 Å². The maximum Gasteiger partial charge on any atom is 0.263 e. The summed E-state index contributed by atoms with van der Waals surface area (Å²) in [5.41, 5.74) is -0.377. The molecular formula is C18H28FN3O4Si. The van der Waals surface area contributed by atoms with E-state index in [-0.39, 0.29) is 16.1 Å². The zero-order valence-corrected chi connectivity index (χ0v) is 17.6.